The third kappa shape index (κ3) is 14.0. The minimum atomic E-state index is -0.0689. The number of rotatable bonds is 5. The van der Waals surface area contributed by atoms with Crippen molar-refractivity contribution in [3.05, 3.63) is 81.8 Å². The number of ketones is 1. The topological polar surface area (TPSA) is 99.5 Å². The van der Waals surface area contributed by atoms with E-state index in [1.165, 1.54) is 42.3 Å². The molecule has 3 N–H and O–H groups in total. The first kappa shape index (κ1) is 35.1. The number of halogens is 1. The SMILES string of the molecule is C#CC.C=O.CC(=O)c1ccccc1Cl.CCCCNc1ccc2nc(C)sc2c1.Cc1ccc(O)c(O)c1. The minimum Gasteiger partial charge on any atom is -0.504 e. The number of aromatic hydroxyl groups is 2. The van der Waals surface area contributed by atoms with Crippen molar-refractivity contribution in [2.75, 3.05) is 11.9 Å². The molecule has 39 heavy (non-hydrogen) atoms. The van der Waals surface area contributed by atoms with Gasteiger partial charge in [0.05, 0.1) is 20.2 Å². The number of carbonyl (C=O) groups is 2. The summed E-state index contributed by atoms with van der Waals surface area (Å²) in [6, 6.07) is 18.1. The molecule has 1 heterocycles. The predicted octanol–water partition coefficient (Wildman–Crippen LogP) is 8.22. The monoisotopic (exact) mass is 568 g/mol. The van der Waals surface area contributed by atoms with E-state index in [0.717, 1.165) is 22.6 Å². The summed E-state index contributed by atoms with van der Waals surface area (Å²) in [4.78, 5) is 23.2. The highest BCUT2D eigenvalue weighted by Crippen LogP contribution is 2.25. The first-order valence-electron chi connectivity index (χ1n) is 12.1. The van der Waals surface area contributed by atoms with Gasteiger partial charge in [-0.3, -0.25) is 4.79 Å². The van der Waals surface area contributed by atoms with E-state index in [1.807, 2.05) is 13.7 Å². The van der Waals surface area contributed by atoms with Crippen molar-refractivity contribution in [3.8, 4) is 23.8 Å². The quantitative estimate of drug-likeness (QED) is 0.0970. The first-order valence-corrected chi connectivity index (χ1v) is 13.3. The molecule has 0 aliphatic heterocycles. The zero-order valence-electron chi connectivity index (χ0n) is 23.1. The van der Waals surface area contributed by atoms with Crippen LogP contribution >= 0.6 is 22.9 Å². The van der Waals surface area contributed by atoms with Gasteiger partial charge in [0.25, 0.3) is 0 Å². The number of unbranched alkanes of at least 4 members (excludes halogenated alkanes) is 1. The molecule has 1 aromatic heterocycles. The molecule has 0 amide bonds. The highest BCUT2D eigenvalue weighted by atomic mass is 35.5. The molecule has 0 saturated carbocycles. The molecular weight excluding hydrogens is 532 g/mol. The lowest BCUT2D eigenvalue weighted by Crippen LogP contribution is -1.99. The number of thiazole rings is 1. The van der Waals surface area contributed by atoms with Gasteiger partial charge in [0.15, 0.2) is 17.3 Å². The summed E-state index contributed by atoms with van der Waals surface area (Å²) in [5, 5.41) is 22.7. The number of carbonyl (C=O) groups excluding carboxylic acids is 2. The summed E-state index contributed by atoms with van der Waals surface area (Å²) in [5.74, 6) is 2.13. The van der Waals surface area contributed by atoms with Crippen molar-refractivity contribution in [1.29, 1.82) is 0 Å². The molecule has 0 radical (unpaired) electrons. The Balaban J connectivity index is 0.000000530. The van der Waals surface area contributed by atoms with Crippen LogP contribution < -0.4 is 5.32 Å². The molecule has 0 fully saturated rings. The Hall–Kier alpha value is -3.86. The molecule has 0 unspecified atom stereocenters. The molecule has 3 aromatic carbocycles. The number of anilines is 1. The maximum absolute atomic E-state index is 10.8. The number of nitrogens with one attached hydrogen (secondary N) is 1. The molecule has 0 atom stereocenters. The number of phenolic OH excluding ortho intramolecular Hbond substituents is 2. The van der Waals surface area contributed by atoms with Crippen LogP contribution in [0.25, 0.3) is 10.2 Å². The molecule has 0 aliphatic carbocycles. The lowest BCUT2D eigenvalue weighted by molar-refractivity contribution is -0.0980. The largest absolute Gasteiger partial charge is 0.504 e. The number of phenols is 2. The Bertz CT molecular complexity index is 1330. The Morgan fingerprint density at radius 1 is 1.08 bits per heavy atom. The maximum atomic E-state index is 10.8. The highest BCUT2D eigenvalue weighted by molar-refractivity contribution is 7.18. The number of benzene rings is 3. The van der Waals surface area contributed by atoms with E-state index in [-0.39, 0.29) is 17.3 Å². The molecule has 0 spiro atoms. The Morgan fingerprint density at radius 3 is 2.23 bits per heavy atom. The summed E-state index contributed by atoms with van der Waals surface area (Å²) >= 11 is 7.45. The Kier molecular flexibility index (Phi) is 18.2. The van der Waals surface area contributed by atoms with Crippen LogP contribution in [-0.4, -0.2) is 34.3 Å². The van der Waals surface area contributed by atoms with E-state index in [2.05, 4.69) is 54.7 Å². The standard InChI is InChI=1S/C12H16N2S.C8H7ClO.C7H8O2.C3H4.CH2O/c1-3-4-7-13-10-5-6-11-12(8-10)15-9(2)14-11;1-6(10)7-4-2-3-5-8(7)9;1-5-2-3-6(8)7(9)4-5;1-3-2;1-2/h5-6,8,13H,3-4,7H2,1-2H3;2-5H,1H3;2-4,8-9H,1H3;1H,2H3;1H2. The van der Waals surface area contributed by atoms with Gasteiger partial charge in [0.1, 0.15) is 6.79 Å². The smallest absolute Gasteiger partial charge is 0.161 e. The lowest BCUT2D eigenvalue weighted by atomic mass is 10.1. The van der Waals surface area contributed by atoms with Gasteiger partial charge in [0, 0.05) is 17.8 Å². The highest BCUT2D eigenvalue weighted by Gasteiger charge is 2.02. The first-order chi connectivity index (χ1) is 18.6. The molecule has 0 saturated heterocycles. The average molecular weight is 569 g/mol. The summed E-state index contributed by atoms with van der Waals surface area (Å²) < 4.78 is 1.27. The number of nitrogens with zero attached hydrogens (tertiary/aromatic N) is 1. The van der Waals surface area contributed by atoms with Crippen LogP contribution in [-0.2, 0) is 4.79 Å². The van der Waals surface area contributed by atoms with Crippen LogP contribution in [0, 0.1) is 26.2 Å². The van der Waals surface area contributed by atoms with Crippen LogP contribution in [0.4, 0.5) is 5.69 Å². The number of hydrogen-bond donors (Lipinski definition) is 3. The van der Waals surface area contributed by atoms with Crippen molar-refractivity contribution < 1.29 is 19.8 Å². The Morgan fingerprint density at radius 2 is 1.72 bits per heavy atom. The van der Waals surface area contributed by atoms with E-state index < -0.39 is 0 Å². The Labute approximate surface area is 240 Å². The summed E-state index contributed by atoms with van der Waals surface area (Å²) in [6.45, 7) is 12.3. The fraction of sp³-hybridized carbons (Fsp3) is 0.258. The molecule has 4 rings (SSSR count). The van der Waals surface area contributed by atoms with Crippen molar-refractivity contribution in [2.24, 2.45) is 0 Å². The molecule has 0 bridgehead atoms. The average Bonchev–Trinajstić information content (AvgIpc) is 3.28. The van der Waals surface area contributed by atoms with Gasteiger partial charge >= 0.3 is 0 Å². The third-order valence-electron chi connectivity index (χ3n) is 4.74. The van der Waals surface area contributed by atoms with Gasteiger partial charge < -0.3 is 20.3 Å². The zero-order chi connectivity index (χ0) is 29.8. The zero-order valence-corrected chi connectivity index (χ0v) is 24.7. The summed E-state index contributed by atoms with van der Waals surface area (Å²) in [6.07, 6.45) is 7.05. The third-order valence-corrected chi connectivity index (χ3v) is 6.00. The molecule has 4 aromatic rings. The van der Waals surface area contributed by atoms with Crippen molar-refractivity contribution >= 4 is 51.4 Å². The minimum absolute atomic E-state index is 0.00519. The second kappa shape index (κ2) is 20.1. The molecule has 208 valence electrons. The van der Waals surface area contributed by atoms with Crippen LogP contribution in [0.1, 0.15) is 54.5 Å². The fourth-order valence-corrected chi connectivity index (χ4v) is 4.07. The van der Waals surface area contributed by atoms with Gasteiger partial charge in [0.2, 0.25) is 0 Å². The normalized spacial score (nSPS) is 9.05. The molecule has 0 aliphatic rings. The summed E-state index contributed by atoms with van der Waals surface area (Å²) in [5.41, 5.74) is 3.84. The second-order valence-electron chi connectivity index (χ2n) is 8.01. The number of terminal acetylenes is 1. The van der Waals surface area contributed by atoms with Crippen molar-refractivity contribution in [2.45, 2.75) is 47.5 Å². The van der Waals surface area contributed by atoms with Gasteiger partial charge in [-0.25, -0.2) is 4.98 Å². The summed E-state index contributed by atoms with van der Waals surface area (Å²) in [7, 11) is 0. The van der Waals surface area contributed by atoms with E-state index in [4.69, 9.17) is 26.6 Å². The van der Waals surface area contributed by atoms with Gasteiger partial charge in [-0.2, -0.15) is 0 Å². The predicted molar refractivity (Wildman–Crippen MR) is 165 cm³/mol. The number of aryl methyl sites for hydroxylation is 2. The lowest BCUT2D eigenvalue weighted by Gasteiger charge is -2.04. The fourth-order valence-electron chi connectivity index (χ4n) is 2.94. The van der Waals surface area contributed by atoms with Gasteiger partial charge in [-0.1, -0.05) is 43.1 Å². The van der Waals surface area contributed by atoms with Crippen molar-refractivity contribution in [3.63, 3.8) is 0 Å². The number of aromatic nitrogens is 1. The van der Waals surface area contributed by atoms with Crippen LogP contribution in [0.2, 0.25) is 5.02 Å². The van der Waals surface area contributed by atoms with E-state index in [9.17, 15) is 4.79 Å². The van der Waals surface area contributed by atoms with Crippen LogP contribution in [0.5, 0.6) is 11.5 Å². The molecule has 6 nitrogen and oxygen atoms in total. The number of fused-ring (bicyclic) bond motifs is 1. The van der Waals surface area contributed by atoms with Crippen LogP contribution in [0.15, 0.2) is 60.7 Å². The number of Topliss-reactive ketones (excluding diaryl/α,β-unsaturated/α-hetero) is 1. The number of hydrogen-bond acceptors (Lipinski definition) is 7. The maximum Gasteiger partial charge on any atom is 0.161 e. The van der Waals surface area contributed by atoms with Gasteiger partial charge in [-0.15, -0.1) is 23.7 Å². The van der Waals surface area contributed by atoms with E-state index in [1.54, 1.807) is 48.6 Å². The molecule has 8 heteroatoms. The molecular formula is C31H37ClN2O4S. The second-order valence-corrected chi connectivity index (χ2v) is 9.65. The van der Waals surface area contributed by atoms with Gasteiger partial charge in [-0.05, 0) is 82.1 Å². The van der Waals surface area contributed by atoms with Crippen molar-refractivity contribution in [1.82, 2.24) is 4.98 Å². The van der Waals surface area contributed by atoms with E-state index in [0.29, 0.717) is 10.6 Å². The van der Waals surface area contributed by atoms with Crippen LogP contribution in [0.3, 0.4) is 0 Å². The van der Waals surface area contributed by atoms with E-state index >= 15 is 0 Å².